The SMILES string of the molecule is CC(C)(C)c1ccc(SC[B-](F)(F)F)cc1.[K+]. The first-order chi connectivity index (χ1) is 7.18. The fourth-order valence-electron chi connectivity index (χ4n) is 1.24. The third kappa shape index (κ3) is 7.28. The molecule has 90 valence electrons. The van der Waals surface area contributed by atoms with E-state index >= 15 is 0 Å². The summed E-state index contributed by atoms with van der Waals surface area (Å²) < 4.78 is 36.2. The second-order valence-electron chi connectivity index (χ2n) is 4.80. The molecule has 0 N–H and O–H groups in total. The summed E-state index contributed by atoms with van der Waals surface area (Å²) in [5.41, 5.74) is 0.404. The van der Waals surface area contributed by atoms with Crippen molar-refractivity contribution in [2.75, 3.05) is 5.65 Å². The molecule has 0 saturated carbocycles. The summed E-state index contributed by atoms with van der Waals surface area (Å²) >= 11 is 0.849. The number of hydrogen-bond acceptors (Lipinski definition) is 1. The van der Waals surface area contributed by atoms with Crippen molar-refractivity contribution in [3.05, 3.63) is 29.8 Å². The smallest absolute Gasteiger partial charge is 0.448 e. The minimum absolute atomic E-state index is 0. The maximum Gasteiger partial charge on any atom is 1.00 e. The molecule has 17 heavy (non-hydrogen) atoms. The molecule has 6 heteroatoms. The Balaban J connectivity index is 0.00000256. The van der Waals surface area contributed by atoms with Gasteiger partial charge in [-0.15, -0.1) is 0 Å². The van der Waals surface area contributed by atoms with Crippen molar-refractivity contribution in [2.45, 2.75) is 31.1 Å². The van der Waals surface area contributed by atoms with Crippen molar-refractivity contribution in [1.82, 2.24) is 0 Å². The average Bonchev–Trinajstić information content (AvgIpc) is 2.13. The van der Waals surface area contributed by atoms with Crippen molar-refractivity contribution in [2.24, 2.45) is 0 Å². The van der Waals surface area contributed by atoms with Gasteiger partial charge < -0.3 is 12.9 Å². The Morgan fingerprint density at radius 2 is 1.53 bits per heavy atom. The first-order valence-corrected chi connectivity index (χ1v) is 6.11. The molecule has 1 rings (SSSR count). The van der Waals surface area contributed by atoms with E-state index in [1.54, 1.807) is 12.1 Å². The number of rotatable bonds is 3. The van der Waals surface area contributed by atoms with Crippen LogP contribution in [0.15, 0.2) is 29.2 Å². The Labute approximate surface area is 148 Å². The fraction of sp³-hybridized carbons (Fsp3) is 0.455. The van der Waals surface area contributed by atoms with Crippen LogP contribution in [0.2, 0.25) is 0 Å². The molecule has 0 aromatic heterocycles. The van der Waals surface area contributed by atoms with Gasteiger partial charge >= 0.3 is 58.4 Å². The van der Waals surface area contributed by atoms with Crippen molar-refractivity contribution in [1.29, 1.82) is 0 Å². The summed E-state index contributed by atoms with van der Waals surface area (Å²) in [5, 5.41) is 0. The van der Waals surface area contributed by atoms with Crippen LogP contribution in [0.4, 0.5) is 12.9 Å². The summed E-state index contributed by atoms with van der Waals surface area (Å²) in [6.07, 6.45) is 0. The van der Waals surface area contributed by atoms with E-state index in [-0.39, 0.29) is 56.8 Å². The molecule has 0 unspecified atom stereocenters. The maximum absolute atomic E-state index is 12.1. The summed E-state index contributed by atoms with van der Waals surface area (Å²) in [6.45, 7) is 1.53. The van der Waals surface area contributed by atoms with Gasteiger partial charge in [0.1, 0.15) is 0 Å². The van der Waals surface area contributed by atoms with Crippen LogP contribution in [0.25, 0.3) is 0 Å². The van der Waals surface area contributed by atoms with Gasteiger partial charge in [-0.1, -0.05) is 32.9 Å². The van der Waals surface area contributed by atoms with Crippen molar-refractivity contribution in [3.8, 4) is 0 Å². The van der Waals surface area contributed by atoms with E-state index in [1.807, 2.05) is 12.1 Å². The molecule has 0 aliphatic carbocycles. The molecule has 0 spiro atoms. The quantitative estimate of drug-likeness (QED) is 0.599. The van der Waals surface area contributed by atoms with E-state index in [0.29, 0.717) is 4.90 Å². The van der Waals surface area contributed by atoms with Gasteiger partial charge in [-0.2, -0.15) is 11.8 Å². The fourth-order valence-corrected chi connectivity index (χ4v) is 1.95. The van der Waals surface area contributed by atoms with Gasteiger partial charge in [0.15, 0.2) is 0 Å². The molecule has 1 aromatic carbocycles. The average molecular weight is 286 g/mol. The standard InChI is InChI=1S/C11H15BF3S.K/c1-11(2,3)9-4-6-10(7-5-9)16-8-12(13,14)15;/h4-7H,8H2,1-3H3;/q-1;+1. The van der Waals surface area contributed by atoms with Crippen LogP contribution in [0.1, 0.15) is 26.3 Å². The van der Waals surface area contributed by atoms with Gasteiger partial charge in [-0.3, -0.25) is 0 Å². The van der Waals surface area contributed by atoms with Gasteiger partial charge in [0.2, 0.25) is 0 Å². The van der Waals surface area contributed by atoms with Crippen LogP contribution >= 0.6 is 11.8 Å². The van der Waals surface area contributed by atoms with Gasteiger partial charge in [0.25, 0.3) is 0 Å². The number of benzene rings is 1. The minimum atomic E-state index is -4.70. The van der Waals surface area contributed by atoms with Crippen molar-refractivity contribution < 1.29 is 64.3 Å². The van der Waals surface area contributed by atoms with Crippen LogP contribution in [0.5, 0.6) is 0 Å². The van der Waals surface area contributed by atoms with E-state index in [4.69, 9.17) is 0 Å². The predicted octanol–water partition coefficient (Wildman–Crippen LogP) is 1.47. The number of thioether (sulfide) groups is 1. The molecule has 0 fully saturated rings. The minimum Gasteiger partial charge on any atom is -0.448 e. The molecule has 0 saturated heterocycles. The third-order valence-electron chi connectivity index (χ3n) is 2.16. The monoisotopic (exact) mass is 286 g/mol. The zero-order chi connectivity index (χ0) is 12.4. The largest absolute Gasteiger partial charge is 1.00 e. The van der Waals surface area contributed by atoms with Gasteiger partial charge in [0, 0.05) is 4.90 Å². The Morgan fingerprint density at radius 3 is 1.88 bits per heavy atom. The Kier molecular flexibility index (Phi) is 7.45. The predicted molar refractivity (Wildman–Crippen MR) is 64.9 cm³/mol. The van der Waals surface area contributed by atoms with Crippen LogP contribution < -0.4 is 51.4 Å². The van der Waals surface area contributed by atoms with Gasteiger partial charge in [-0.25, -0.2) is 0 Å². The zero-order valence-electron chi connectivity index (χ0n) is 10.6. The summed E-state index contributed by atoms with van der Waals surface area (Å²) in [6, 6.07) is 7.30. The van der Waals surface area contributed by atoms with E-state index in [0.717, 1.165) is 17.3 Å². The van der Waals surface area contributed by atoms with Crippen molar-refractivity contribution >= 4 is 18.7 Å². The van der Waals surface area contributed by atoms with E-state index in [9.17, 15) is 12.9 Å². The zero-order valence-corrected chi connectivity index (χ0v) is 14.6. The van der Waals surface area contributed by atoms with Gasteiger partial charge in [-0.05, 0) is 28.8 Å². The first-order valence-electron chi connectivity index (χ1n) is 5.13. The molecule has 0 bridgehead atoms. The second kappa shape index (κ2) is 7.01. The van der Waals surface area contributed by atoms with E-state index in [1.165, 1.54) is 0 Å². The molecule has 0 atom stereocenters. The molecule has 0 aliphatic heterocycles. The van der Waals surface area contributed by atoms with Crippen LogP contribution in [0, 0.1) is 0 Å². The molecule has 0 nitrogen and oxygen atoms in total. The van der Waals surface area contributed by atoms with E-state index in [2.05, 4.69) is 20.8 Å². The molecule has 0 heterocycles. The molecule has 0 radical (unpaired) electrons. The molecule has 0 amide bonds. The van der Waals surface area contributed by atoms with Crippen molar-refractivity contribution in [3.63, 3.8) is 0 Å². The number of hydrogen-bond donors (Lipinski definition) is 0. The molecular weight excluding hydrogens is 271 g/mol. The van der Waals surface area contributed by atoms with Crippen LogP contribution in [-0.2, 0) is 5.41 Å². The normalized spacial score (nSPS) is 12.1. The summed E-state index contributed by atoms with van der Waals surface area (Å²) in [5.74, 6) is 0. The molecule has 0 aliphatic rings. The third-order valence-corrected chi connectivity index (χ3v) is 3.31. The summed E-state index contributed by atoms with van der Waals surface area (Å²) in [4.78, 5) is 0.673. The summed E-state index contributed by atoms with van der Waals surface area (Å²) in [7, 11) is 0. The molecular formula is C11H15BF3KS. The van der Waals surface area contributed by atoms with Gasteiger partial charge in [0.05, 0.1) is 0 Å². The topological polar surface area (TPSA) is 0 Å². The van der Waals surface area contributed by atoms with Crippen LogP contribution in [0.3, 0.4) is 0 Å². The Bertz CT molecular complexity index is 343. The second-order valence-corrected chi connectivity index (χ2v) is 5.89. The van der Waals surface area contributed by atoms with Crippen LogP contribution in [-0.4, -0.2) is 12.6 Å². The number of halogens is 3. The Morgan fingerprint density at radius 1 is 1.06 bits per heavy atom. The maximum atomic E-state index is 12.1. The first kappa shape index (κ1) is 18.1. The Hall–Kier alpha value is 1.06. The van der Waals surface area contributed by atoms with E-state index < -0.39 is 12.6 Å². The molecule has 1 aromatic rings.